The molecule has 79 heavy (non-hydrogen) atoms. The molecule has 11 rings (SSSR count). The number of rotatable bonds is 9. The summed E-state index contributed by atoms with van der Waals surface area (Å²) in [4.78, 5) is 47.8. The number of aromatic nitrogens is 1. The molecule has 9 aromatic rings. The normalized spacial score (nSPS) is 17.1. The number of ether oxygens (including phenoxy) is 1. The predicted molar refractivity (Wildman–Crippen MR) is 319 cm³/mol. The van der Waals surface area contributed by atoms with Gasteiger partial charge in [0, 0.05) is 95.4 Å². The number of aliphatic hydroxyl groups excluding tert-OH is 2. The van der Waals surface area contributed by atoms with Gasteiger partial charge >= 0.3 is 16.9 Å². The number of hydrogen-bond donors (Lipinski definition) is 2. The maximum Gasteiger partial charge on any atom is 0.372 e. The van der Waals surface area contributed by atoms with Gasteiger partial charge < -0.3 is 42.9 Å². The first-order valence-corrected chi connectivity index (χ1v) is 27.9. The number of aliphatic hydroxyl groups is 2. The number of fused-ring (bicyclic) bond motifs is 5. The molecule has 0 aliphatic carbocycles. The molecule has 0 spiro atoms. The quantitative estimate of drug-likeness (QED) is 0.131. The third-order valence-electron chi connectivity index (χ3n) is 15.8. The van der Waals surface area contributed by atoms with Crippen molar-refractivity contribution in [3.05, 3.63) is 157 Å². The summed E-state index contributed by atoms with van der Waals surface area (Å²) in [6, 6.07) is 34.3. The van der Waals surface area contributed by atoms with Crippen molar-refractivity contribution in [1.82, 2.24) is 4.98 Å². The van der Waals surface area contributed by atoms with E-state index >= 15 is 0 Å². The van der Waals surface area contributed by atoms with Gasteiger partial charge in [0.2, 0.25) is 5.82 Å². The minimum absolute atomic E-state index is 0.0372. The van der Waals surface area contributed by atoms with Crippen molar-refractivity contribution in [2.75, 3.05) is 55.2 Å². The fraction of sp³-hybridized carbons (Fsp3) is 0.375. The smallest absolute Gasteiger partial charge is 0.372 e. The SMILES string of the molecule is CC1CCCC(C)N1c1ccc2c(-c3ccc(C(C)(C)C)cc3)cc(=O)oc2c1.COc1c(-c2nc3ccccc3s2)c(=O)oc2cc(N(CCO)CCO)ccc12.Cc1c(F)c(=O)oc2cc3c(cc12)C(C)CC(C)(C)N3C. The fourth-order valence-corrected chi connectivity index (χ4v) is 12.4. The fourth-order valence-electron chi connectivity index (χ4n) is 11.4. The van der Waals surface area contributed by atoms with Gasteiger partial charge in [0.25, 0.3) is 0 Å². The maximum absolute atomic E-state index is 13.8. The average Bonchev–Trinajstić information content (AvgIpc) is 4.05. The Balaban J connectivity index is 0.000000146. The molecule has 15 heteroatoms. The zero-order valence-electron chi connectivity index (χ0n) is 47.0. The van der Waals surface area contributed by atoms with Gasteiger partial charge in [-0.15, -0.1) is 11.3 Å². The minimum Gasteiger partial charge on any atom is -0.495 e. The second-order valence-electron chi connectivity index (χ2n) is 22.6. The van der Waals surface area contributed by atoms with Crippen molar-refractivity contribution in [2.45, 2.75) is 117 Å². The van der Waals surface area contributed by atoms with Gasteiger partial charge in [-0.25, -0.2) is 19.4 Å². The third-order valence-corrected chi connectivity index (χ3v) is 16.8. The Labute approximate surface area is 463 Å². The highest BCUT2D eigenvalue weighted by molar-refractivity contribution is 7.21. The van der Waals surface area contributed by atoms with E-state index in [-0.39, 0.29) is 29.8 Å². The maximum atomic E-state index is 13.8. The lowest BCUT2D eigenvalue weighted by Gasteiger charge is -2.45. The summed E-state index contributed by atoms with van der Waals surface area (Å²) in [6.07, 6.45) is 4.70. The van der Waals surface area contributed by atoms with E-state index in [1.165, 1.54) is 48.8 Å². The Morgan fingerprint density at radius 3 is 2.10 bits per heavy atom. The van der Waals surface area contributed by atoms with Crippen LogP contribution in [-0.4, -0.2) is 73.3 Å². The van der Waals surface area contributed by atoms with E-state index < -0.39 is 17.1 Å². The van der Waals surface area contributed by atoms with E-state index in [1.807, 2.05) is 66.5 Å². The third kappa shape index (κ3) is 11.4. The summed E-state index contributed by atoms with van der Waals surface area (Å²) in [5.74, 6) is 0.00214. The van der Waals surface area contributed by atoms with Crippen molar-refractivity contribution in [2.24, 2.45) is 0 Å². The van der Waals surface area contributed by atoms with Crippen LogP contribution < -0.4 is 36.3 Å². The monoisotopic (exact) mass is 1090 g/mol. The molecule has 1 fully saturated rings. The molecule has 2 aliphatic rings. The average molecular weight is 1090 g/mol. The molecule has 4 aromatic heterocycles. The van der Waals surface area contributed by atoms with Gasteiger partial charge in [-0.05, 0) is 136 Å². The lowest BCUT2D eigenvalue weighted by atomic mass is 9.80. The number of aryl methyl sites for hydroxylation is 1. The predicted octanol–water partition coefficient (Wildman–Crippen LogP) is 13.4. The summed E-state index contributed by atoms with van der Waals surface area (Å²) in [7, 11) is 3.56. The topological polar surface area (TPSA) is 163 Å². The lowest BCUT2D eigenvalue weighted by molar-refractivity contribution is 0.281. The molecule has 5 aromatic carbocycles. The van der Waals surface area contributed by atoms with Crippen molar-refractivity contribution < 1.29 is 32.6 Å². The molecular formula is C64H71FN4O9S. The van der Waals surface area contributed by atoms with Crippen LogP contribution in [0.3, 0.4) is 0 Å². The van der Waals surface area contributed by atoms with E-state index in [0.29, 0.717) is 80.5 Å². The summed E-state index contributed by atoms with van der Waals surface area (Å²) in [5.41, 5.74) is 8.75. The molecule has 2 N–H and O–H groups in total. The van der Waals surface area contributed by atoms with E-state index in [4.69, 9.17) is 18.0 Å². The van der Waals surface area contributed by atoms with Crippen molar-refractivity contribution >= 4 is 71.5 Å². The minimum atomic E-state index is -0.897. The van der Waals surface area contributed by atoms with E-state index in [0.717, 1.165) is 50.2 Å². The molecular weight excluding hydrogens is 1020 g/mol. The lowest BCUT2D eigenvalue weighted by Crippen LogP contribution is -2.45. The van der Waals surface area contributed by atoms with Crippen LogP contribution in [-0.2, 0) is 5.41 Å². The van der Waals surface area contributed by atoms with Crippen LogP contribution >= 0.6 is 11.3 Å². The molecule has 0 amide bonds. The standard InChI is InChI=1S/C26H31NO2.C21H20N2O5S.C17H20FNO2/c1-17-7-6-8-18(2)27(17)21-13-14-22-23(16-25(28)29-24(22)15-21)19-9-11-20(12-10-19)26(3,4)5;1-27-19-14-7-6-13(23(8-10-24)9-11-25)12-16(14)28-21(26)18(19)20-22-15-4-2-3-5-17(15)29-20;1-9-8-17(3,4)19(5)13-7-14-12(6-11(9)13)10(2)15(18)16(20)21-14/h9-18H,6-8H2,1-5H3;2-7,12,24-25H,8-11H2,1H3;6-7,9H,8H2,1-5H3. The molecule has 0 radical (unpaired) electrons. The zero-order valence-corrected chi connectivity index (χ0v) is 47.8. The number of nitrogens with zero attached hydrogens (tertiary/aromatic N) is 4. The second kappa shape index (κ2) is 22.8. The van der Waals surface area contributed by atoms with Crippen LogP contribution in [0.15, 0.2) is 131 Å². The summed E-state index contributed by atoms with van der Waals surface area (Å²) >= 11 is 1.41. The Morgan fingerprint density at radius 1 is 0.797 bits per heavy atom. The van der Waals surface area contributed by atoms with Crippen LogP contribution in [0.5, 0.6) is 5.75 Å². The van der Waals surface area contributed by atoms with Gasteiger partial charge in [0.15, 0.2) is 0 Å². The number of hydrogen-bond acceptors (Lipinski definition) is 14. The second-order valence-corrected chi connectivity index (χ2v) is 23.7. The number of anilines is 3. The van der Waals surface area contributed by atoms with Crippen LogP contribution in [0.4, 0.5) is 21.5 Å². The molecule has 3 atom stereocenters. The largest absolute Gasteiger partial charge is 0.495 e. The number of thiazole rings is 1. The summed E-state index contributed by atoms with van der Waals surface area (Å²) < 4.78 is 36.7. The van der Waals surface area contributed by atoms with Crippen LogP contribution in [0.2, 0.25) is 0 Å². The number of halogens is 1. The van der Waals surface area contributed by atoms with Gasteiger partial charge in [-0.3, -0.25) is 0 Å². The molecule has 414 valence electrons. The highest BCUT2D eigenvalue weighted by atomic mass is 32.1. The van der Waals surface area contributed by atoms with Gasteiger partial charge in [-0.2, -0.15) is 4.39 Å². The Bertz CT molecular complexity index is 3830. The first-order chi connectivity index (χ1) is 37.6. The highest BCUT2D eigenvalue weighted by Gasteiger charge is 2.35. The van der Waals surface area contributed by atoms with Gasteiger partial charge in [-0.1, -0.05) is 64.1 Å². The van der Waals surface area contributed by atoms with Crippen molar-refractivity contribution in [1.29, 1.82) is 0 Å². The molecule has 0 saturated carbocycles. The van der Waals surface area contributed by atoms with E-state index in [9.17, 15) is 29.0 Å². The number of para-hydroxylation sites is 1. The van der Waals surface area contributed by atoms with E-state index in [1.54, 1.807) is 19.1 Å². The van der Waals surface area contributed by atoms with E-state index in [2.05, 4.69) is 107 Å². The molecule has 6 heterocycles. The van der Waals surface area contributed by atoms with Crippen LogP contribution in [0.1, 0.15) is 104 Å². The Morgan fingerprint density at radius 2 is 1.44 bits per heavy atom. The number of methoxy groups -OCH3 is 1. The zero-order chi connectivity index (χ0) is 56.7. The van der Waals surface area contributed by atoms with Crippen molar-refractivity contribution in [3.63, 3.8) is 0 Å². The highest BCUT2D eigenvalue weighted by Crippen LogP contribution is 2.45. The molecule has 0 bridgehead atoms. The Kier molecular flexibility index (Phi) is 16.3. The first-order valence-electron chi connectivity index (χ1n) is 27.1. The molecule has 2 aliphatic heterocycles. The van der Waals surface area contributed by atoms with Gasteiger partial charge in [0.05, 0.1) is 35.9 Å². The summed E-state index contributed by atoms with van der Waals surface area (Å²) in [6.45, 7) is 20.0. The molecule has 1 saturated heterocycles. The molecule has 13 nitrogen and oxygen atoms in total. The van der Waals surface area contributed by atoms with Gasteiger partial charge in [0.1, 0.15) is 33.1 Å². The number of benzene rings is 5. The van der Waals surface area contributed by atoms with Crippen LogP contribution in [0, 0.1) is 12.7 Å². The van der Waals surface area contributed by atoms with Crippen molar-refractivity contribution in [3.8, 4) is 27.4 Å². The number of piperidine rings is 1. The van der Waals surface area contributed by atoms with Crippen LogP contribution in [0.25, 0.3) is 64.8 Å². The summed E-state index contributed by atoms with van der Waals surface area (Å²) in [5, 5.41) is 21.4. The Hall–Kier alpha value is -7.33. The first kappa shape index (κ1) is 56.4. The molecule has 3 unspecified atom stereocenters.